The van der Waals surface area contributed by atoms with E-state index in [1.165, 1.54) is 16.7 Å². The van der Waals surface area contributed by atoms with Crippen molar-refractivity contribution in [2.45, 2.75) is 49.0 Å². The third-order valence-electron chi connectivity index (χ3n) is 4.68. The smallest absolute Gasteiger partial charge is 0.327 e. The van der Waals surface area contributed by atoms with Crippen LogP contribution in [0.5, 0.6) is 0 Å². The highest BCUT2D eigenvalue weighted by Crippen LogP contribution is 2.50. The molecule has 7 nitrogen and oxygen atoms in total. The van der Waals surface area contributed by atoms with Gasteiger partial charge in [0.05, 0.1) is 6.42 Å². The molecule has 9 heteroatoms. The van der Waals surface area contributed by atoms with Crippen LogP contribution >= 0.6 is 24.2 Å². The molecule has 2 amide bonds. The molecule has 2 aliphatic heterocycles. The summed E-state index contributed by atoms with van der Waals surface area (Å²) in [6.45, 7) is 3.95. The Balaban J connectivity index is 0.00000243. The summed E-state index contributed by atoms with van der Waals surface area (Å²) in [6, 6.07) is 5.86. The fourth-order valence-electron chi connectivity index (χ4n) is 3.47. The molecule has 2 fully saturated rings. The van der Waals surface area contributed by atoms with Crippen molar-refractivity contribution in [1.29, 1.82) is 0 Å². The van der Waals surface area contributed by atoms with Gasteiger partial charge in [0.1, 0.15) is 17.5 Å². The van der Waals surface area contributed by atoms with Gasteiger partial charge in [-0.1, -0.05) is 24.3 Å². The average molecular weight is 400 g/mol. The lowest BCUT2D eigenvalue weighted by Crippen LogP contribution is -2.70. The molecule has 1 aromatic rings. The maximum Gasteiger partial charge on any atom is 0.327 e. The molecule has 3 rings (SSSR count). The van der Waals surface area contributed by atoms with Crippen LogP contribution in [0.4, 0.5) is 0 Å². The molecule has 4 N–H and O–H groups in total. The van der Waals surface area contributed by atoms with E-state index in [0.717, 1.165) is 11.1 Å². The number of carbonyl (C=O) groups is 3. The molecular formula is C17H22ClN3O4S. The summed E-state index contributed by atoms with van der Waals surface area (Å²) in [4.78, 5) is 37.6. The van der Waals surface area contributed by atoms with E-state index < -0.39 is 22.8 Å². The second-order valence-electron chi connectivity index (χ2n) is 6.79. The van der Waals surface area contributed by atoms with Crippen LogP contribution in [0.15, 0.2) is 24.3 Å². The summed E-state index contributed by atoms with van der Waals surface area (Å²) in [5.74, 6) is -1.62. The van der Waals surface area contributed by atoms with E-state index in [4.69, 9.17) is 5.73 Å². The second kappa shape index (κ2) is 7.46. The number of carbonyl (C=O) groups excluding carboxylic acids is 2. The lowest BCUT2D eigenvalue weighted by atomic mass is 9.96. The molecule has 2 saturated heterocycles. The molecule has 142 valence electrons. The number of benzene rings is 1. The highest BCUT2D eigenvalue weighted by molar-refractivity contribution is 8.01. The molecule has 0 radical (unpaired) electrons. The van der Waals surface area contributed by atoms with Crippen molar-refractivity contribution < 1.29 is 19.5 Å². The van der Waals surface area contributed by atoms with E-state index in [1.54, 1.807) is 13.8 Å². The van der Waals surface area contributed by atoms with Crippen LogP contribution in [-0.4, -0.2) is 50.0 Å². The van der Waals surface area contributed by atoms with E-state index in [0.29, 0.717) is 6.54 Å². The van der Waals surface area contributed by atoms with Crippen LogP contribution in [0.25, 0.3) is 0 Å². The number of carboxylic acid groups (broad SMARTS) is 1. The minimum atomic E-state index is -1.02. The zero-order valence-corrected chi connectivity index (χ0v) is 16.1. The summed E-state index contributed by atoms with van der Waals surface area (Å²) < 4.78 is -0.599. The lowest BCUT2D eigenvalue weighted by Gasteiger charge is -2.43. The summed E-state index contributed by atoms with van der Waals surface area (Å²) >= 11 is 1.41. The van der Waals surface area contributed by atoms with E-state index in [9.17, 15) is 19.5 Å². The van der Waals surface area contributed by atoms with Crippen LogP contribution in [0.1, 0.15) is 25.0 Å². The number of fused-ring (bicyclic) bond motifs is 1. The van der Waals surface area contributed by atoms with Gasteiger partial charge in [-0.25, -0.2) is 4.79 Å². The second-order valence-corrected chi connectivity index (χ2v) is 8.56. The van der Waals surface area contributed by atoms with Gasteiger partial charge in [0.25, 0.3) is 0 Å². The third kappa shape index (κ3) is 3.41. The van der Waals surface area contributed by atoms with Gasteiger partial charge in [-0.15, -0.1) is 24.2 Å². The Bertz CT molecular complexity index is 742. The van der Waals surface area contributed by atoms with Gasteiger partial charge in [-0.3, -0.25) is 9.59 Å². The number of nitrogens with two attached hydrogens (primary N) is 1. The van der Waals surface area contributed by atoms with Gasteiger partial charge in [-0.2, -0.15) is 0 Å². The molecule has 0 aromatic heterocycles. The maximum absolute atomic E-state index is 12.4. The fourth-order valence-corrected chi connectivity index (χ4v) is 5.10. The molecule has 0 aliphatic carbocycles. The number of aliphatic carboxylic acids is 1. The molecular weight excluding hydrogens is 378 g/mol. The van der Waals surface area contributed by atoms with Gasteiger partial charge >= 0.3 is 5.97 Å². The number of hydrogen-bond acceptors (Lipinski definition) is 5. The van der Waals surface area contributed by atoms with Crippen molar-refractivity contribution >= 4 is 42.0 Å². The van der Waals surface area contributed by atoms with Crippen molar-refractivity contribution in [2.75, 3.05) is 0 Å². The minimum absolute atomic E-state index is 0. The first-order valence-electron chi connectivity index (χ1n) is 8.05. The molecule has 1 aromatic carbocycles. The van der Waals surface area contributed by atoms with E-state index in [-0.39, 0.29) is 36.0 Å². The number of halogens is 1. The monoisotopic (exact) mass is 399 g/mol. The van der Waals surface area contributed by atoms with Crippen LogP contribution < -0.4 is 11.1 Å². The molecule has 0 unspecified atom stereocenters. The molecule has 0 saturated carbocycles. The van der Waals surface area contributed by atoms with Gasteiger partial charge < -0.3 is 21.1 Å². The Morgan fingerprint density at radius 2 is 1.92 bits per heavy atom. The Labute approximate surface area is 162 Å². The summed E-state index contributed by atoms with van der Waals surface area (Å²) in [5.41, 5.74) is 7.40. The van der Waals surface area contributed by atoms with Crippen molar-refractivity contribution in [1.82, 2.24) is 10.2 Å². The Morgan fingerprint density at radius 3 is 2.50 bits per heavy atom. The molecule has 0 bridgehead atoms. The van der Waals surface area contributed by atoms with E-state index in [1.807, 2.05) is 24.3 Å². The van der Waals surface area contributed by atoms with Crippen molar-refractivity contribution in [2.24, 2.45) is 5.73 Å². The number of β-lactam (4-membered cyclic amide) rings is 1. The molecule has 2 heterocycles. The van der Waals surface area contributed by atoms with Gasteiger partial charge in [-0.05, 0) is 25.0 Å². The van der Waals surface area contributed by atoms with Crippen LogP contribution in [0.2, 0.25) is 0 Å². The van der Waals surface area contributed by atoms with Crippen molar-refractivity contribution in [3.8, 4) is 0 Å². The maximum atomic E-state index is 12.4. The minimum Gasteiger partial charge on any atom is -0.480 e. The molecule has 2 aliphatic rings. The van der Waals surface area contributed by atoms with Crippen molar-refractivity contribution in [3.05, 3.63) is 35.4 Å². The standard InChI is InChI=1S/C17H21N3O4S.ClH/c1-17(2)13(16(23)24)20-14(22)12(15(20)25-17)19-11(21)7-9-5-3-4-6-10(9)8-18;/h3-6,12-13,15H,7-8,18H2,1-2H3,(H,19,21)(H,23,24);1H/t12-,13+,15-;/m1./s1. The quantitative estimate of drug-likeness (QED) is 0.629. The highest BCUT2D eigenvalue weighted by Gasteiger charge is 2.64. The molecule has 3 atom stereocenters. The zero-order chi connectivity index (χ0) is 18.4. The van der Waals surface area contributed by atoms with E-state index in [2.05, 4.69) is 5.32 Å². The number of hydrogen-bond donors (Lipinski definition) is 3. The SMILES string of the molecule is CC1(C)S[C@@H]2[C@H](NC(=O)Cc3ccccc3CN)C(=O)N2[C@H]1C(=O)O.Cl. The summed E-state index contributed by atoms with van der Waals surface area (Å²) in [5, 5.41) is 11.8. The largest absolute Gasteiger partial charge is 0.480 e. The van der Waals surface area contributed by atoms with Crippen molar-refractivity contribution in [3.63, 3.8) is 0 Å². The summed E-state index contributed by atoms with van der Waals surface area (Å²) in [6.07, 6.45) is 0.139. The highest BCUT2D eigenvalue weighted by atomic mass is 35.5. The van der Waals surface area contributed by atoms with Gasteiger partial charge in [0, 0.05) is 11.3 Å². The van der Waals surface area contributed by atoms with Crippen LogP contribution in [0.3, 0.4) is 0 Å². The van der Waals surface area contributed by atoms with E-state index >= 15 is 0 Å². The number of carboxylic acids is 1. The zero-order valence-electron chi connectivity index (χ0n) is 14.5. The molecule has 0 spiro atoms. The van der Waals surface area contributed by atoms with Gasteiger partial charge in [0.2, 0.25) is 11.8 Å². The number of nitrogens with zero attached hydrogens (tertiary/aromatic N) is 1. The predicted molar refractivity (Wildman–Crippen MR) is 101 cm³/mol. The fraction of sp³-hybridized carbons (Fsp3) is 0.471. The number of rotatable bonds is 5. The topological polar surface area (TPSA) is 113 Å². The summed E-state index contributed by atoms with van der Waals surface area (Å²) in [7, 11) is 0. The number of amides is 2. The first kappa shape index (κ1) is 20.5. The molecule has 26 heavy (non-hydrogen) atoms. The number of thioether (sulfide) groups is 1. The normalized spacial score (nSPS) is 25.7. The Kier molecular flexibility index (Phi) is 5.89. The van der Waals surface area contributed by atoms with Crippen LogP contribution in [0, 0.1) is 0 Å². The Morgan fingerprint density at radius 1 is 1.31 bits per heavy atom. The lowest BCUT2D eigenvalue weighted by molar-refractivity contribution is -0.161. The first-order valence-corrected chi connectivity index (χ1v) is 8.93. The predicted octanol–water partition coefficient (Wildman–Crippen LogP) is 0.741. The first-order chi connectivity index (χ1) is 11.8. The van der Waals surface area contributed by atoms with Crippen LogP contribution in [-0.2, 0) is 27.3 Å². The third-order valence-corrected chi connectivity index (χ3v) is 6.25. The Hall–Kier alpha value is -1.77. The number of nitrogens with one attached hydrogen (secondary N) is 1. The van der Waals surface area contributed by atoms with Gasteiger partial charge in [0.15, 0.2) is 0 Å². The average Bonchev–Trinajstić information content (AvgIpc) is 2.81.